The summed E-state index contributed by atoms with van der Waals surface area (Å²) in [5.74, 6) is 1.07. The second kappa shape index (κ2) is 5.47. The van der Waals surface area contributed by atoms with Crippen LogP contribution in [0.15, 0.2) is 0 Å². The lowest BCUT2D eigenvalue weighted by molar-refractivity contribution is -0.121. The average Bonchev–Trinajstić information content (AvgIpc) is 2.19. The Balaban J connectivity index is 2.29. The minimum Gasteiger partial charge on any atom is -0.350 e. The van der Waals surface area contributed by atoms with Crippen LogP contribution in [0.3, 0.4) is 0 Å². The molecule has 4 heteroatoms. The maximum atomic E-state index is 12.1. The van der Waals surface area contributed by atoms with E-state index < -0.39 is 6.67 Å². The number of alkyl halides is 1. The van der Waals surface area contributed by atoms with E-state index in [1.807, 2.05) is 0 Å². The summed E-state index contributed by atoms with van der Waals surface area (Å²) in [6.07, 6.45) is 3.26. The summed E-state index contributed by atoms with van der Waals surface area (Å²) in [4.78, 5) is 11.5. The van der Waals surface area contributed by atoms with Gasteiger partial charge in [-0.3, -0.25) is 4.79 Å². The highest BCUT2D eigenvalue weighted by molar-refractivity contribution is 8.00. The molecule has 2 unspecified atom stereocenters. The Morgan fingerprint density at radius 1 is 1.69 bits per heavy atom. The lowest BCUT2D eigenvalue weighted by Crippen LogP contribution is -2.40. The lowest BCUT2D eigenvalue weighted by atomic mass is 10.2. The van der Waals surface area contributed by atoms with Gasteiger partial charge in [-0.15, -0.1) is 11.8 Å². The van der Waals surface area contributed by atoms with Crippen molar-refractivity contribution in [1.82, 2.24) is 5.32 Å². The average molecular weight is 205 g/mol. The molecule has 0 radical (unpaired) electrons. The lowest BCUT2D eigenvalue weighted by Gasteiger charge is -2.21. The Hall–Kier alpha value is -0.250. The molecule has 0 spiro atoms. The first kappa shape index (κ1) is 10.8. The molecule has 76 valence electrons. The maximum Gasteiger partial charge on any atom is 0.233 e. The van der Waals surface area contributed by atoms with E-state index >= 15 is 0 Å². The van der Waals surface area contributed by atoms with Gasteiger partial charge >= 0.3 is 0 Å². The normalized spacial score (nSPS) is 25.2. The van der Waals surface area contributed by atoms with E-state index in [9.17, 15) is 9.18 Å². The van der Waals surface area contributed by atoms with Gasteiger partial charge in [-0.25, -0.2) is 4.39 Å². The smallest absolute Gasteiger partial charge is 0.233 e. The number of carbonyl (C=O) groups is 1. The molecule has 2 atom stereocenters. The summed E-state index contributed by atoms with van der Waals surface area (Å²) in [5.41, 5.74) is 0. The summed E-state index contributed by atoms with van der Waals surface area (Å²) < 4.78 is 12.1. The molecule has 0 aliphatic carbocycles. The van der Waals surface area contributed by atoms with Crippen LogP contribution in [0.4, 0.5) is 4.39 Å². The Kier molecular flexibility index (Phi) is 4.56. The Bertz CT molecular complexity index is 171. The Labute approximate surface area is 82.7 Å². The highest BCUT2D eigenvalue weighted by atomic mass is 32.2. The van der Waals surface area contributed by atoms with E-state index in [0.717, 1.165) is 18.6 Å². The summed E-state index contributed by atoms with van der Waals surface area (Å²) in [6, 6.07) is -0.338. The number of hydrogen-bond donors (Lipinski definition) is 1. The van der Waals surface area contributed by atoms with Gasteiger partial charge in [-0.05, 0) is 25.5 Å². The fourth-order valence-corrected chi connectivity index (χ4v) is 2.53. The van der Waals surface area contributed by atoms with E-state index in [1.165, 1.54) is 6.42 Å². The van der Waals surface area contributed by atoms with Crippen molar-refractivity contribution in [2.75, 3.05) is 12.4 Å². The summed E-state index contributed by atoms with van der Waals surface area (Å²) >= 11 is 1.69. The molecule has 1 N–H and O–H groups in total. The predicted molar refractivity (Wildman–Crippen MR) is 53.7 cm³/mol. The summed E-state index contributed by atoms with van der Waals surface area (Å²) in [6.45, 7) is 1.20. The molecule has 0 aromatic rings. The van der Waals surface area contributed by atoms with Gasteiger partial charge in [0.2, 0.25) is 5.91 Å². The predicted octanol–water partition coefficient (Wildman–Crippen LogP) is 1.75. The highest BCUT2D eigenvalue weighted by Gasteiger charge is 2.22. The van der Waals surface area contributed by atoms with E-state index in [1.54, 1.807) is 18.7 Å². The van der Waals surface area contributed by atoms with Crippen LogP contribution in [0.1, 0.15) is 26.2 Å². The molecule has 1 rings (SSSR count). The van der Waals surface area contributed by atoms with Crippen LogP contribution in [-0.2, 0) is 4.79 Å². The van der Waals surface area contributed by atoms with E-state index in [4.69, 9.17) is 0 Å². The van der Waals surface area contributed by atoms with Gasteiger partial charge in [-0.2, -0.15) is 0 Å². The number of rotatable bonds is 3. The van der Waals surface area contributed by atoms with Crippen molar-refractivity contribution in [2.45, 2.75) is 37.5 Å². The molecule has 0 bridgehead atoms. The van der Waals surface area contributed by atoms with Crippen LogP contribution in [0.2, 0.25) is 0 Å². The molecular weight excluding hydrogens is 189 g/mol. The zero-order valence-electron chi connectivity index (χ0n) is 7.88. The molecule has 0 aromatic heterocycles. The van der Waals surface area contributed by atoms with Crippen LogP contribution >= 0.6 is 11.8 Å². The molecule has 1 amide bonds. The fourth-order valence-electron chi connectivity index (χ4n) is 1.32. The third-order valence-electron chi connectivity index (χ3n) is 2.09. The third-order valence-corrected chi connectivity index (χ3v) is 3.47. The molecule has 2 nitrogen and oxygen atoms in total. The minimum absolute atomic E-state index is 0.00912. The zero-order valence-corrected chi connectivity index (χ0v) is 8.70. The molecule has 1 aliphatic heterocycles. The SMILES string of the molecule is CC(CF)NC(=O)C1CCCCS1. The molecule has 0 aromatic carbocycles. The number of hydrogen-bond acceptors (Lipinski definition) is 2. The fraction of sp³-hybridized carbons (Fsp3) is 0.889. The van der Waals surface area contributed by atoms with Crippen LogP contribution in [-0.4, -0.2) is 29.6 Å². The first-order valence-corrected chi connectivity index (χ1v) is 5.77. The van der Waals surface area contributed by atoms with Gasteiger partial charge in [0.1, 0.15) is 6.67 Å². The molecule has 1 fully saturated rings. The Morgan fingerprint density at radius 3 is 3.00 bits per heavy atom. The molecule has 1 aliphatic rings. The van der Waals surface area contributed by atoms with E-state index in [-0.39, 0.29) is 17.2 Å². The van der Waals surface area contributed by atoms with E-state index in [0.29, 0.717) is 0 Å². The first-order valence-electron chi connectivity index (χ1n) is 4.72. The zero-order chi connectivity index (χ0) is 9.68. The molecule has 1 heterocycles. The molecule has 1 saturated heterocycles. The highest BCUT2D eigenvalue weighted by Crippen LogP contribution is 2.24. The van der Waals surface area contributed by atoms with Crippen molar-refractivity contribution in [3.05, 3.63) is 0 Å². The standard InChI is InChI=1S/C9H16FNOS/c1-7(6-10)11-9(12)8-4-2-3-5-13-8/h7-8H,2-6H2,1H3,(H,11,12). The first-order chi connectivity index (χ1) is 6.24. The second-order valence-electron chi connectivity index (χ2n) is 3.42. The summed E-state index contributed by atoms with van der Waals surface area (Å²) in [5, 5.41) is 2.72. The van der Waals surface area contributed by atoms with Crippen LogP contribution in [0.5, 0.6) is 0 Å². The van der Waals surface area contributed by atoms with Crippen molar-refractivity contribution in [3.8, 4) is 0 Å². The quantitative estimate of drug-likeness (QED) is 0.760. The van der Waals surface area contributed by atoms with Crippen molar-refractivity contribution in [2.24, 2.45) is 0 Å². The van der Waals surface area contributed by atoms with Gasteiger partial charge < -0.3 is 5.32 Å². The number of amides is 1. The molecule has 13 heavy (non-hydrogen) atoms. The van der Waals surface area contributed by atoms with Crippen molar-refractivity contribution in [1.29, 1.82) is 0 Å². The number of thioether (sulfide) groups is 1. The minimum atomic E-state index is -0.483. The number of nitrogens with one attached hydrogen (secondary N) is 1. The van der Waals surface area contributed by atoms with E-state index in [2.05, 4.69) is 5.32 Å². The van der Waals surface area contributed by atoms with Gasteiger partial charge in [0.15, 0.2) is 0 Å². The van der Waals surface area contributed by atoms with Crippen molar-refractivity contribution in [3.63, 3.8) is 0 Å². The monoisotopic (exact) mass is 205 g/mol. The largest absolute Gasteiger partial charge is 0.350 e. The number of halogens is 1. The van der Waals surface area contributed by atoms with Crippen LogP contribution in [0, 0.1) is 0 Å². The van der Waals surface area contributed by atoms with Crippen molar-refractivity contribution < 1.29 is 9.18 Å². The number of carbonyl (C=O) groups excluding carboxylic acids is 1. The second-order valence-corrected chi connectivity index (χ2v) is 4.73. The summed E-state index contributed by atoms with van der Waals surface area (Å²) in [7, 11) is 0. The van der Waals surface area contributed by atoms with Gasteiger partial charge in [0.05, 0.1) is 11.3 Å². The Morgan fingerprint density at radius 2 is 2.46 bits per heavy atom. The van der Waals surface area contributed by atoms with Crippen molar-refractivity contribution >= 4 is 17.7 Å². The van der Waals surface area contributed by atoms with Crippen LogP contribution < -0.4 is 5.32 Å². The molecular formula is C9H16FNOS. The van der Waals surface area contributed by atoms with Crippen LogP contribution in [0.25, 0.3) is 0 Å². The molecule has 0 saturated carbocycles. The topological polar surface area (TPSA) is 29.1 Å². The van der Waals surface area contributed by atoms with Gasteiger partial charge in [0.25, 0.3) is 0 Å². The van der Waals surface area contributed by atoms with Gasteiger partial charge in [-0.1, -0.05) is 6.42 Å². The maximum absolute atomic E-state index is 12.1. The van der Waals surface area contributed by atoms with Gasteiger partial charge in [0, 0.05) is 0 Å². The third kappa shape index (κ3) is 3.55.